The number of ether oxygens (including phenoxy) is 6. The number of hydrogen-bond acceptors (Lipinski definition) is 9. The van der Waals surface area contributed by atoms with E-state index in [-0.39, 0.29) is 19.8 Å². The van der Waals surface area contributed by atoms with Crippen LogP contribution >= 0.6 is 0 Å². The van der Waals surface area contributed by atoms with Crippen molar-refractivity contribution in [3.05, 3.63) is 29.8 Å². The van der Waals surface area contributed by atoms with E-state index in [9.17, 15) is 17.8 Å². The SMILES string of the molecule is CCO[C@@H]1[C@@H](OC)O[C@H](COC(=O)C(C)(C)C)[C@@H](OCc2ccc(OC)cc2)[C@@H]1NS(=O)(=O)O. The molecule has 1 heterocycles. The Bertz CT molecular complexity index is 884. The average molecular weight is 506 g/mol. The van der Waals surface area contributed by atoms with Crippen molar-refractivity contribution >= 4 is 16.3 Å². The van der Waals surface area contributed by atoms with E-state index < -0.39 is 52.3 Å². The summed E-state index contributed by atoms with van der Waals surface area (Å²) in [6.45, 7) is 6.91. The number of carbonyl (C=O) groups is 1. The van der Waals surface area contributed by atoms with E-state index in [0.29, 0.717) is 5.75 Å². The number of esters is 1. The van der Waals surface area contributed by atoms with E-state index in [1.54, 1.807) is 59.1 Å². The van der Waals surface area contributed by atoms with Gasteiger partial charge in [-0.15, -0.1) is 0 Å². The van der Waals surface area contributed by atoms with Gasteiger partial charge in [0.05, 0.1) is 25.2 Å². The fourth-order valence-electron chi connectivity index (χ4n) is 3.42. The van der Waals surface area contributed by atoms with Crippen molar-refractivity contribution in [2.24, 2.45) is 5.41 Å². The lowest BCUT2D eigenvalue weighted by molar-refractivity contribution is -0.287. The molecule has 1 aliphatic heterocycles. The molecule has 11 nitrogen and oxygen atoms in total. The second kappa shape index (κ2) is 12.2. The van der Waals surface area contributed by atoms with Crippen LogP contribution in [0.1, 0.15) is 33.3 Å². The summed E-state index contributed by atoms with van der Waals surface area (Å²) in [5.41, 5.74) is 0.0213. The van der Waals surface area contributed by atoms with Crippen LogP contribution in [-0.2, 0) is 45.4 Å². The van der Waals surface area contributed by atoms with Gasteiger partial charge in [0.1, 0.15) is 30.7 Å². The fourth-order valence-corrected chi connectivity index (χ4v) is 4.03. The quantitative estimate of drug-likeness (QED) is 0.337. The first kappa shape index (κ1) is 28.4. The van der Waals surface area contributed by atoms with Gasteiger partial charge < -0.3 is 28.4 Å². The van der Waals surface area contributed by atoms with Crippen LogP contribution in [0.2, 0.25) is 0 Å². The molecule has 5 atom stereocenters. The summed E-state index contributed by atoms with van der Waals surface area (Å²) in [5, 5.41) is 0. The molecule has 2 rings (SSSR count). The molecular formula is C22H35NO10S. The molecule has 0 spiro atoms. The van der Waals surface area contributed by atoms with Crippen LogP contribution in [0.4, 0.5) is 0 Å². The van der Waals surface area contributed by atoms with Crippen molar-refractivity contribution in [1.82, 2.24) is 4.72 Å². The highest BCUT2D eigenvalue weighted by Gasteiger charge is 2.49. The van der Waals surface area contributed by atoms with Gasteiger partial charge in [-0.25, -0.2) is 0 Å². The smallest absolute Gasteiger partial charge is 0.333 e. The highest BCUT2D eigenvalue weighted by atomic mass is 32.2. The topological polar surface area (TPSA) is 139 Å². The number of hydrogen-bond donors (Lipinski definition) is 2. The number of benzene rings is 1. The first-order valence-electron chi connectivity index (χ1n) is 10.9. The molecule has 1 saturated heterocycles. The van der Waals surface area contributed by atoms with E-state index in [2.05, 4.69) is 4.72 Å². The molecule has 34 heavy (non-hydrogen) atoms. The van der Waals surface area contributed by atoms with Crippen LogP contribution in [0.25, 0.3) is 0 Å². The predicted octanol–water partition coefficient (Wildman–Crippen LogP) is 1.71. The van der Waals surface area contributed by atoms with Crippen molar-refractivity contribution in [3.63, 3.8) is 0 Å². The zero-order valence-electron chi connectivity index (χ0n) is 20.3. The Morgan fingerprint density at radius 2 is 1.76 bits per heavy atom. The number of rotatable bonds is 11. The molecule has 12 heteroatoms. The van der Waals surface area contributed by atoms with Crippen molar-refractivity contribution in [2.45, 2.75) is 64.9 Å². The standard InChI is InChI=1S/C22H35NO10S/c1-7-30-19-17(23-34(25,26)27)18(31-12-14-8-10-15(28-5)11-9-14)16(33-20(19)29-6)13-32-21(24)22(2,3)4/h8-11,16-20,23H,7,12-13H2,1-6H3,(H,25,26,27)/t16-,17+,18-,19+,20+/m1/s1. The highest BCUT2D eigenvalue weighted by molar-refractivity contribution is 7.83. The third kappa shape index (κ3) is 8.15. The predicted molar refractivity (Wildman–Crippen MR) is 122 cm³/mol. The van der Waals surface area contributed by atoms with Gasteiger partial charge in [0.25, 0.3) is 0 Å². The maximum atomic E-state index is 12.3. The van der Waals surface area contributed by atoms with Crippen LogP contribution in [0, 0.1) is 5.41 Å². The Balaban J connectivity index is 2.34. The normalized spacial score (nSPS) is 25.7. The molecule has 194 valence electrons. The Kier molecular flexibility index (Phi) is 10.2. The number of carbonyl (C=O) groups excluding carboxylic acids is 1. The minimum atomic E-state index is -4.65. The monoisotopic (exact) mass is 505 g/mol. The Morgan fingerprint density at radius 1 is 1.12 bits per heavy atom. The van der Waals surface area contributed by atoms with Crippen molar-refractivity contribution in [1.29, 1.82) is 0 Å². The van der Waals surface area contributed by atoms with Crippen LogP contribution in [0.5, 0.6) is 5.75 Å². The van der Waals surface area contributed by atoms with Crippen LogP contribution in [0.15, 0.2) is 24.3 Å². The lowest BCUT2D eigenvalue weighted by Crippen LogP contribution is -2.66. The van der Waals surface area contributed by atoms with Gasteiger partial charge in [-0.3, -0.25) is 9.35 Å². The van der Waals surface area contributed by atoms with E-state index in [1.807, 2.05) is 0 Å². The Labute approximate surface area is 200 Å². The number of nitrogens with one attached hydrogen (secondary N) is 1. The van der Waals surface area contributed by atoms with Crippen LogP contribution in [0.3, 0.4) is 0 Å². The fraction of sp³-hybridized carbons (Fsp3) is 0.682. The van der Waals surface area contributed by atoms with Gasteiger partial charge >= 0.3 is 16.3 Å². The largest absolute Gasteiger partial charge is 0.497 e. The maximum Gasteiger partial charge on any atom is 0.333 e. The zero-order valence-corrected chi connectivity index (χ0v) is 21.2. The molecule has 0 radical (unpaired) electrons. The lowest BCUT2D eigenvalue weighted by atomic mass is 9.95. The van der Waals surface area contributed by atoms with E-state index in [0.717, 1.165) is 5.56 Å². The molecule has 0 aromatic heterocycles. The minimum Gasteiger partial charge on any atom is -0.497 e. The van der Waals surface area contributed by atoms with Gasteiger partial charge in [-0.2, -0.15) is 13.1 Å². The molecule has 1 aromatic rings. The lowest BCUT2D eigenvalue weighted by Gasteiger charge is -2.45. The third-order valence-electron chi connectivity index (χ3n) is 5.12. The summed E-state index contributed by atoms with van der Waals surface area (Å²) >= 11 is 0. The summed E-state index contributed by atoms with van der Waals surface area (Å²) in [6.07, 6.45) is -3.89. The van der Waals surface area contributed by atoms with Crippen molar-refractivity contribution in [2.75, 3.05) is 27.4 Å². The Hall–Kier alpha value is -1.80. The summed E-state index contributed by atoms with van der Waals surface area (Å²) in [4.78, 5) is 12.3. The summed E-state index contributed by atoms with van der Waals surface area (Å²) in [6, 6.07) is 6.00. The molecular weight excluding hydrogens is 470 g/mol. The van der Waals surface area contributed by atoms with Crippen molar-refractivity contribution in [3.8, 4) is 5.75 Å². The van der Waals surface area contributed by atoms with Crippen LogP contribution in [-0.4, -0.2) is 77.0 Å². The van der Waals surface area contributed by atoms with E-state index in [4.69, 9.17) is 28.4 Å². The highest BCUT2D eigenvalue weighted by Crippen LogP contribution is 2.29. The molecule has 1 aromatic carbocycles. The molecule has 1 fully saturated rings. The van der Waals surface area contributed by atoms with Gasteiger partial charge in [-0.1, -0.05) is 12.1 Å². The Morgan fingerprint density at radius 3 is 2.26 bits per heavy atom. The maximum absolute atomic E-state index is 12.3. The van der Waals surface area contributed by atoms with Gasteiger partial charge in [0.15, 0.2) is 6.29 Å². The minimum absolute atomic E-state index is 0.0713. The second-order valence-corrected chi connectivity index (χ2v) is 9.98. The molecule has 0 unspecified atom stereocenters. The third-order valence-corrected chi connectivity index (χ3v) is 5.69. The van der Waals surface area contributed by atoms with E-state index in [1.165, 1.54) is 7.11 Å². The first-order chi connectivity index (χ1) is 15.9. The van der Waals surface area contributed by atoms with Gasteiger partial charge in [0, 0.05) is 13.7 Å². The van der Waals surface area contributed by atoms with Gasteiger partial charge in [-0.05, 0) is 45.4 Å². The molecule has 0 aliphatic carbocycles. The molecule has 0 saturated carbocycles. The molecule has 2 N–H and O–H groups in total. The van der Waals surface area contributed by atoms with E-state index >= 15 is 0 Å². The average Bonchev–Trinajstić information content (AvgIpc) is 2.76. The summed E-state index contributed by atoms with van der Waals surface area (Å²) in [5.74, 6) is 0.201. The summed E-state index contributed by atoms with van der Waals surface area (Å²) < 4.78 is 69.0. The van der Waals surface area contributed by atoms with Crippen molar-refractivity contribution < 1.29 is 46.2 Å². The number of methoxy groups -OCH3 is 2. The molecule has 0 bridgehead atoms. The summed E-state index contributed by atoms with van der Waals surface area (Å²) in [7, 11) is -1.73. The van der Waals surface area contributed by atoms with Crippen LogP contribution < -0.4 is 9.46 Å². The zero-order chi connectivity index (χ0) is 25.5. The second-order valence-electron chi connectivity index (χ2n) is 8.79. The first-order valence-corrected chi connectivity index (χ1v) is 12.3. The van der Waals surface area contributed by atoms with Gasteiger partial charge in [0.2, 0.25) is 0 Å². The molecule has 1 aliphatic rings. The molecule has 0 amide bonds.